The number of carboxylic acids is 1. The second kappa shape index (κ2) is 8.40. The summed E-state index contributed by atoms with van der Waals surface area (Å²) in [6.45, 7) is 0. The summed E-state index contributed by atoms with van der Waals surface area (Å²) in [5, 5.41) is 12.5. The molecule has 0 bridgehead atoms. The topological polar surface area (TPSA) is 37.3 Å². The standard InChI is InChI=1S/C29H26O2S/c30-27(31)28(19-10-11-20-28)26-25(18-21-32-26)29(22-12-4-1-5-13-22,23-14-6-2-7-15-23)24-16-8-3-9-17-24/h1-9,12-18,21H,10-11,19-20H2,(H,30,31). The molecule has 1 heterocycles. The van der Waals surface area contributed by atoms with E-state index in [0.717, 1.165) is 40.0 Å². The summed E-state index contributed by atoms with van der Waals surface area (Å²) in [5.41, 5.74) is 3.13. The zero-order chi connectivity index (χ0) is 22.0. The molecule has 0 aliphatic heterocycles. The first-order valence-electron chi connectivity index (χ1n) is 11.2. The molecule has 5 rings (SSSR count). The lowest BCUT2D eigenvalue weighted by Crippen LogP contribution is -2.38. The monoisotopic (exact) mass is 438 g/mol. The van der Waals surface area contributed by atoms with Crippen molar-refractivity contribution < 1.29 is 9.90 Å². The molecule has 0 unspecified atom stereocenters. The fourth-order valence-corrected chi connectivity index (χ4v) is 6.73. The summed E-state index contributed by atoms with van der Waals surface area (Å²) in [4.78, 5) is 13.7. The van der Waals surface area contributed by atoms with E-state index >= 15 is 0 Å². The van der Waals surface area contributed by atoms with Gasteiger partial charge in [-0.2, -0.15) is 0 Å². The molecule has 160 valence electrons. The van der Waals surface area contributed by atoms with E-state index < -0.39 is 16.8 Å². The smallest absolute Gasteiger partial charge is 0.314 e. The van der Waals surface area contributed by atoms with E-state index in [9.17, 15) is 9.90 Å². The van der Waals surface area contributed by atoms with Crippen LogP contribution < -0.4 is 0 Å². The van der Waals surface area contributed by atoms with Crippen LogP contribution in [0, 0.1) is 0 Å². The molecular formula is C29H26O2S. The number of carbonyl (C=O) groups is 1. The lowest BCUT2D eigenvalue weighted by molar-refractivity contribution is -0.143. The Balaban J connectivity index is 1.90. The Morgan fingerprint density at radius 1 is 0.719 bits per heavy atom. The lowest BCUT2D eigenvalue weighted by atomic mass is 9.63. The van der Waals surface area contributed by atoms with Crippen molar-refractivity contribution in [1.82, 2.24) is 0 Å². The van der Waals surface area contributed by atoms with Crippen molar-refractivity contribution in [3.05, 3.63) is 130 Å². The van der Waals surface area contributed by atoms with Crippen molar-refractivity contribution in [3.63, 3.8) is 0 Å². The van der Waals surface area contributed by atoms with Crippen LogP contribution in [0.25, 0.3) is 0 Å². The van der Waals surface area contributed by atoms with Crippen molar-refractivity contribution in [3.8, 4) is 0 Å². The van der Waals surface area contributed by atoms with Gasteiger partial charge in [-0.25, -0.2) is 0 Å². The SMILES string of the molecule is O=C(O)C1(c2sccc2C(c2ccccc2)(c2ccccc2)c2ccccc2)CCCC1. The third kappa shape index (κ3) is 3.11. The average molecular weight is 439 g/mol. The predicted molar refractivity (Wildman–Crippen MR) is 130 cm³/mol. The van der Waals surface area contributed by atoms with Crippen LogP contribution in [0.5, 0.6) is 0 Å². The molecule has 1 aliphatic carbocycles. The number of thiophene rings is 1. The lowest BCUT2D eigenvalue weighted by Gasteiger charge is -2.39. The number of aliphatic carboxylic acids is 1. The summed E-state index contributed by atoms with van der Waals surface area (Å²) < 4.78 is 0. The highest BCUT2D eigenvalue weighted by Crippen LogP contribution is 2.53. The second-order valence-electron chi connectivity index (χ2n) is 8.61. The van der Waals surface area contributed by atoms with Gasteiger partial charge in [-0.15, -0.1) is 11.3 Å². The highest BCUT2D eigenvalue weighted by atomic mass is 32.1. The fraction of sp³-hybridized carbons (Fsp3) is 0.207. The highest BCUT2D eigenvalue weighted by molar-refractivity contribution is 7.10. The van der Waals surface area contributed by atoms with Gasteiger partial charge in [-0.3, -0.25) is 4.79 Å². The van der Waals surface area contributed by atoms with E-state index in [2.05, 4.69) is 84.2 Å². The average Bonchev–Trinajstić information content (AvgIpc) is 3.53. The van der Waals surface area contributed by atoms with Gasteiger partial charge in [0.2, 0.25) is 0 Å². The minimum atomic E-state index is -0.812. The van der Waals surface area contributed by atoms with Gasteiger partial charge in [0, 0.05) is 4.88 Å². The predicted octanol–water partition coefficient (Wildman–Crippen LogP) is 7.03. The molecule has 32 heavy (non-hydrogen) atoms. The van der Waals surface area contributed by atoms with Gasteiger partial charge in [0.15, 0.2) is 0 Å². The minimum absolute atomic E-state index is 0.593. The van der Waals surface area contributed by atoms with Crippen molar-refractivity contribution in [2.75, 3.05) is 0 Å². The number of benzene rings is 3. The van der Waals surface area contributed by atoms with Crippen LogP contribution in [-0.4, -0.2) is 11.1 Å². The number of hydrogen-bond donors (Lipinski definition) is 1. The molecule has 1 aliphatic rings. The van der Waals surface area contributed by atoms with Crippen molar-refractivity contribution in [1.29, 1.82) is 0 Å². The third-order valence-corrected chi connectivity index (χ3v) is 8.11. The van der Waals surface area contributed by atoms with Crippen molar-refractivity contribution >= 4 is 17.3 Å². The van der Waals surface area contributed by atoms with Crippen LogP contribution in [-0.2, 0) is 15.6 Å². The molecular weight excluding hydrogens is 412 g/mol. The normalized spacial score (nSPS) is 15.5. The first-order chi connectivity index (χ1) is 15.7. The zero-order valence-electron chi connectivity index (χ0n) is 17.9. The minimum Gasteiger partial charge on any atom is -0.481 e. The maximum atomic E-state index is 12.7. The number of carboxylic acid groups (broad SMARTS) is 1. The molecule has 3 heteroatoms. The summed E-state index contributed by atoms with van der Waals surface area (Å²) in [6, 6.07) is 33.7. The fourth-order valence-electron chi connectivity index (χ4n) is 5.52. The maximum Gasteiger partial charge on any atom is 0.314 e. The van der Waals surface area contributed by atoms with Crippen LogP contribution in [0.15, 0.2) is 102 Å². The molecule has 1 fully saturated rings. The Hall–Kier alpha value is -3.17. The molecule has 1 saturated carbocycles. The summed E-state index contributed by atoms with van der Waals surface area (Å²) >= 11 is 1.60. The van der Waals surface area contributed by atoms with E-state index in [1.807, 2.05) is 18.2 Å². The van der Waals surface area contributed by atoms with Gasteiger partial charge in [0.05, 0.1) is 5.41 Å². The first-order valence-corrected chi connectivity index (χ1v) is 12.1. The molecule has 3 aromatic carbocycles. The van der Waals surface area contributed by atoms with Gasteiger partial charge in [0.1, 0.15) is 5.41 Å². The summed E-state index contributed by atoms with van der Waals surface area (Å²) in [7, 11) is 0. The Morgan fingerprint density at radius 2 is 1.16 bits per heavy atom. The van der Waals surface area contributed by atoms with E-state index in [-0.39, 0.29) is 0 Å². The Labute approximate surface area is 193 Å². The largest absolute Gasteiger partial charge is 0.481 e. The number of hydrogen-bond acceptors (Lipinski definition) is 2. The highest BCUT2D eigenvalue weighted by Gasteiger charge is 2.49. The third-order valence-electron chi connectivity index (χ3n) is 6.99. The van der Waals surface area contributed by atoms with E-state index in [4.69, 9.17) is 0 Å². The maximum absolute atomic E-state index is 12.7. The Kier molecular flexibility index (Phi) is 5.44. The quantitative estimate of drug-likeness (QED) is 0.328. The van der Waals surface area contributed by atoms with Gasteiger partial charge >= 0.3 is 5.97 Å². The van der Waals surface area contributed by atoms with Gasteiger partial charge in [-0.1, -0.05) is 104 Å². The second-order valence-corrected chi connectivity index (χ2v) is 9.52. The molecule has 1 N–H and O–H groups in total. The van der Waals surface area contributed by atoms with E-state index in [0.29, 0.717) is 12.8 Å². The molecule has 0 amide bonds. The van der Waals surface area contributed by atoms with Gasteiger partial charge in [0.25, 0.3) is 0 Å². The molecule has 4 aromatic rings. The van der Waals surface area contributed by atoms with Gasteiger partial charge in [-0.05, 0) is 46.5 Å². The number of rotatable bonds is 6. The molecule has 2 nitrogen and oxygen atoms in total. The van der Waals surface area contributed by atoms with Crippen LogP contribution in [0.4, 0.5) is 0 Å². The van der Waals surface area contributed by atoms with Crippen LogP contribution >= 0.6 is 11.3 Å². The van der Waals surface area contributed by atoms with Crippen LogP contribution in [0.1, 0.15) is 52.8 Å². The Morgan fingerprint density at radius 3 is 1.56 bits per heavy atom. The summed E-state index contributed by atoms with van der Waals surface area (Å²) in [5.74, 6) is -0.693. The molecule has 0 radical (unpaired) electrons. The van der Waals surface area contributed by atoms with Crippen LogP contribution in [0.2, 0.25) is 0 Å². The van der Waals surface area contributed by atoms with Crippen LogP contribution in [0.3, 0.4) is 0 Å². The molecule has 1 aromatic heterocycles. The first kappa shape index (κ1) is 20.7. The van der Waals surface area contributed by atoms with Gasteiger partial charge < -0.3 is 5.11 Å². The summed E-state index contributed by atoms with van der Waals surface area (Å²) in [6.07, 6.45) is 3.31. The Bertz CT molecular complexity index is 1090. The molecule has 0 spiro atoms. The molecule has 0 atom stereocenters. The zero-order valence-corrected chi connectivity index (χ0v) is 18.7. The van der Waals surface area contributed by atoms with E-state index in [1.54, 1.807) is 11.3 Å². The molecule has 0 saturated heterocycles. The van der Waals surface area contributed by atoms with Crippen molar-refractivity contribution in [2.24, 2.45) is 0 Å². The van der Waals surface area contributed by atoms with Crippen molar-refractivity contribution in [2.45, 2.75) is 36.5 Å². The van der Waals surface area contributed by atoms with E-state index in [1.165, 1.54) is 0 Å².